The van der Waals surface area contributed by atoms with E-state index in [2.05, 4.69) is 74.8 Å². The van der Waals surface area contributed by atoms with E-state index in [4.69, 9.17) is 0 Å². The molecule has 0 saturated carbocycles. The zero-order chi connectivity index (χ0) is 21.3. The van der Waals surface area contributed by atoms with Gasteiger partial charge in [0, 0.05) is 34.4 Å². The lowest BCUT2D eigenvalue weighted by Gasteiger charge is -2.10. The van der Waals surface area contributed by atoms with Crippen molar-refractivity contribution in [3.05, 3.63) is 97.8 Å². The molecule has 0 aliphatic rings. The third kappa shape index (κ3) is 3.87. The van der Waals surface area contributed by atoms with E-state index in [1.807, 2.05) is 25.1 Å². The number of aromatic nitrogens is 3. The molecule has 0 atom stereocenters. The van der Waals surface area contributed by atoms with Crippen LogP contribution in [0.25, 0.3) is 10.9 Å². The molecule has 0 spiro atoms. The highest BCUT2D eigenvalue weighted by Gasteiger charge is 2.11. The van der Waals surface area contributed by atoms with Crippen molar-refractivity contribution in [3.8, 4) is 0 Å². The maximum absolute atomic E-state index is 13.1. The molecule has 0 radical (unpaired) electrons. The van der Waals surface area contributed by atoms with Crippen LogP contribution in [0.3, 0.4) is 0 Å². The third-order valence-corrected chi connectivity index (χ3v) is 5.79. The zero-order valence-corrected chi connectivity index (χ0v) is 18.8. The molecule has 4 aromatic rings. The van der Waals surface area contributed by atoms with E-state index in [0.29, 0.717) is 23.1 Å². The number of nitrogens with zero attached hydrogens (tertiary/aromatic N) is 4. The second kappa shape index (κ2) is 8.40. The van der Waals surface area contributed by atoms with Gasteiger partial charge < -0.3 is 4.57 Å². The minimum absolute atomic E-state index is 0.160. The molecule has 6 heteroatoms. The van der Waals surface area contributed by atoms with Gasteiger partial charge in [0.1, 0.15) is 5.82 Å². The molecule has 0 amide bonds. The molecule has 2 heterocycles. The molecule has 4 rings (SSSR count). The summed E-state index contributed by atoms with van der Waals surface area (Å²) in [5.74, 6) is 0.643. The highest BCUT2D eigenvalue weighted by molar-refractivity contribution is 9.10. The summed E-state index contributed by atoms with van der Waals surface area (Å²) in [7, 11) is 0. The van der Waals surface area contributed by atoms with E-state index in [1.165, 1.54) is 10.2 Å². The first-order valence-electron chi connectivity index (χ1n) is 9.94. The van der Waals surface area contributed by atoms with Crippen molar-refractivity contribution >= 4 is 33.0 Å². The Morgan fingerprint density at radius 2 is 1.87 bits per heavy atom. The molecule has 0 N–H and O–H groups in total. The van der Waals surface area contributed by atoms with Gasteiger partial charge >= 0.3 is 0 Å². The van der Waals surface area contributed by atoms with E-state index in [1.54, 1.807) is 12.3 Å². The van der Waals surface area contributed by atoms with Gasteiger partial charge in [-0.25, -0.2) is 4.98 Å². The van der Waals surface area contributed by atoms with Gasteiger partial charge in [-0.15, -0.1) is 0 Å². The zero-order valence-electron chi connectivity index (χ0n) is 17.3. The summed E-state index contributed by atoms with van der Waals surface area (Å²) in [5.41, 5.74) is 5.03. The fourth-order valence-corrected chi connectivity index (χ4v) is 3.99. The van der Waals surface area contributed by atoms with Crippen LogP contribution < -0.4 is 5.56 Å². The Kier molecular flexibility index (Phi) is 5.68. The molecule has 152 valence electrons. The van der Waals surface area contributed by atoms with Gasteiger partial charge in [-0.1, -0.05) is 53.2 Å². The van der Waals surface area contributed by atoms with Crippen LogP contribution in [0, 0.1) is 13.8 Å². The van der Waals surface area contributed by atoms with Gasteiger partial charge in [0.2, 0.25) is 0 Å². The van der Waals surface area contributed by atoms with E-state index in [0.717, 1.165) is 28.0 Å². The predicted molar refractivity (Wildman–Crippen MR) is 126 cm³/mol. The maximum Gasteiger partial charge on any atom is 0.282 e. The summed E-state index contributed by atoms with van der Waals surface area (Å²) in [6, 6.07) is 18.0. The van der Waals surface area contributed by atoms with Crippen LogP contribution >= 0.6 is 15.9 Å². The van der Waals surface area contributed by atoms with Crippen LogP contribution in [-0.4, -0.2) is 20.4 Å². The number of benzene rings is 2. The molecule has 0 fully saturated rings. The van der Waals surface area contributed by atoms with Crippen molar-refractivity contribution in [2.45, 2.75) is 33.7 Å². The summed E-state index contributed by atoms with van der Waals surface area (Å²) in [6.07, 6.45) is 2.38. The van der Waals surface area contributed by atoms with E-state index >= 15 is 0 Å². The lowest BCUT2D eigenvalue weighted by Crippen LogP contribution is -2.22. The molecule has 2 aromatic heterocycles. The quantitative estimate of drug-likeness (QED) is 0.388. The van der Waals surface area contributed by atoms with Gasteiger partial charge in [0.15, 0.2) is 0 Å². The smallest absolute Gasteiger partial charge is 0.282 e. The number of halogens is 1. The van der Waals surface area contributed by atoms with E-state index in [-0.39, 0.29) is 5.56 Å². The van der Waals surface area contributed by atoms with Crippen LogP contribution in [0.1, 0.15) is 35.3 Å². The van der Waals surface area contributed by atoms with Gasteiger partial charge in [0.05, 0.1) is 17.1 Å². The fraction of sp³-hybridized carbons (Fsp3) is 0.208. The van der Waals surface area contributed by atoms with E-state index < -0.39 is 0 Å². The van der Waals surface area contributed by atoms with Gasteiger partial charge in [0.25, 0.3) is 5.56 Å². The van der Waals surface area contributed by atoms with Gasteiger partial charge in [-0.05, 0) is 43.7 Å². The first kappa shape index (κ1) is 20.3. The Balaban J connectivity index is 1.74. The number of hydrogen-bond acceptors (Lipinski definition) is 3. The van der Waals surface area contributed by atoms with Gasteiger partial charge in [-0.3, -0.25) is 4.79 Å². The molecule has 30 heavy (non-hydrogen) atoms. The molecule has 0 aliphatic carbocycles. The molecule has 0 unspecified atom stereocenters. The Hall–Kier alpha value is -2.99. The Labute approximate surface area is 183 Å². The predicted octanol–water partition coefficient (Wildman–Crippen LogP) is 5.07. The Morgan fingerprint density at radius 3 is 2.60 bits per heavy atom. The average molecular weight is 463 g/mol. The van der Waals surface area contributed by atoms with Crippen molar-refractivity contribution in [2.75, 3.05) is 0 Å². The van der Waals surface area contributed by atoms with Crippen molar-refractivity contribution in [2.24, 2.45) is 5.10 Å². The minimum atomic E-state index is -0.160. The molecule has 2 aromatic carbocycles. The molecule has 0 bridgehead atoms. The second-order valence-electron chi connectivity index (χ2n) is 7.30. The molecule has 0 aliphatic heterocycles. The Morgan fingerprint density at radius 1 is 1.10 bits per heavy atom. The minimum Gasteiger partial charge on any atom is -0.344 e. The highest BCUT2D eigenvalue weighted by atomic mass is 79.9. The van der Waals surface area contributed by atoms with Crippen LogP contribution in [0.4, 0.5) is 0 Å². The van der Waals surface area contributed by atoms with Crippen molar-refractivity contribution in [3.63, 3.8) is 0 Å². The van der Waals surface area contributed by atoms with Gasteiger partial charge in [-0.2, -0.15) is 9.78 Å². The summed E-state index contributed by atoms with van der Waals surface area (Å²) in [5, 5.41) is 5.09. The molecule has 0 saturated heterocycles. The summed E-state index contributed by atoms with van der Waals surface area (Å²) in [6.45, 7) is 6.95. The van der Waals surface area contributed by atoms with Crippen LogP contribution in [0.2, 0.25) is 0 Å². The summed E-state index contributed by atoms with van der Waals surface area (Å²) in [4.78, 5) is 17.7. The largest absolute Gasteiger partial charge is 0.344 e. The van der Waals surface area contributed by atoms with Crippen molar-refractivity contribution < 1.29 is 0 Å². The van der Waals surface area contributed by atoms with Crippen LogP contribution in [-0.2, 0) is 13.0 Å². The number of hydrogen-bond donors (Lipinski definition) is 0. The molecular weight excluding hydrogens is 440 g/mol. The van der Waals surface area contributed by atoms with Crippen LogP contribution in [0.5, 0.6) is 0 Å². The monoisotopic (exact) mass is 462 g/mol. The normalized spacial score (nSPS) is 11.6. The SMILES string of the molecule is CCc1nc2ccc(Br)cc2c(=O)n1N=Cc1cc(C)n(Cc2ccccc2)c1C. The first-order valence-corrected chi connectivity index (χ1v) is 10.7. The third-order valence-electron chi connectivity index (χ3n) is 5.30. The first-order chi connectivity index (χ1) is 14.5. The standard InChI is InChI=1S/C24H23BrN4O/c1-4-23-27-22-11-10-20(25)13-21(22)24(30)29(23)26-14-19-12-16(2)28(17(19)3)15-18-8-6-5-7-9-18/h5-14H,4,15H2,1-3H3. The number of rotatable bonds is 5. The van der Waals surface area contributed by atoms with Crippen molar-refractivity contribution in [1.29, 1.82) is 0 Å². The lowest BCUT2D eigenvalue weighted by molar-refractivity contribution is 0.733. The van der Waals surface area contributed by atoms with E-state index in [9.17, 15) is 4.79 Å². The number of fused-ring (bicyclic) bond motifs is 1. The fourth-order valence-electron chi connectivity index (χ4n) is 3.63. The second-order valence-corrected chi connectivity index (χ2v) is 8.22. The summed E-state index contributed by atoms with van der Waals surface area (Å²) >= 11 is 3.43. The molecular formula is C24H23BrN4O. The molecule has 5 nitrogen and oxygen atoms in total. The maximum atomic E-state index is 13.1. The average Bonchev–Trinajstić information content (AvgIpc) is 3.01. The van der Waals surface area contributed by atoms with Crippen molar-refractivity contribution in [1.82, 2.24) is 14.2 Å². The number of aryl methyl sites for hydroxylation is 2. The summed E-state index contributed by atoms with van der Waals surface area (Å²) < 4.78 is 4.52. The topological polar surface area (TPSA) is 52.2 Å². The Bertz CT molecular complexity index is 1300. The highest BCUT2D eigenvalue weighted by Crippen LogP contribution is 2.18. The lowest BCUT2D eigenvalue weighted by atomic mass is 10.2. The van der Waals surface area contributed by atoms with Crippen LogP contribution in [0.15, 0.2) is 69.0 Å².